The Kier molecular flexibility index (Phi) is 2.36. The van der Waals surface area contributed by atoms with E-state index in [2.05, 4.69) is 68.4 Å². The zero-order valence-electron chi connectivity index (χ0n) is 10.3. The first-order valence-corrected chi connectivity index (χ1v) is 6.17. The van der Waals surface area contributed by atoms with Crippen molar-refractivity contribution in [2.45, 2.75) is 19.8 Å². The van der Waals surface area contributed by atoms with Gasteiger partial charge >= 0.3 is 0 Å². The van der Waals surface area contributed by atoms with E-state index in [1.54, 1.807) is 0 Å². The first-order chi connectivity index (χ1) is 8.25. The van der Waals surface area contributed by atoms with E-state index in [1.165, 1.54) is 27.1 Å². The van der Waals surface area contributed by atoms with E-state index in [0.717, 1.165) is 0 Å². The van der Waals surface area contributed by atoms with Gasteiger partial charge in [0, 0.05) is 0 Å². The van der Waals surface area contributed by atoms with Crippen LogP contribution in [-0.2, 0) is 0 Å². The minimum atomic E-state index is 0.582. The van der Waals surface area contributed by atoms with Gasteiger partial charge in [0.25, 0.3) is 0 Å². The second-order valence-corrected chi connectivity index (χ2v) is 4.92. The highest BCUT2D eigenvalue weighted by atomic mass is 14.1. The molecule has 0 atom stereocenters. The Morgan fingerprint density at radius 3 is 2.12 bits per heavy atom. The molecule has 84 valence electrons. The van der Waals surface area contributed by atoms with Gasteiger partial charge in [0.05, 0.1) is 0 Å². The molecule has 0 heteroatoms. The van der Waals surface area contributed by atoms with Gasteiger partial charge in [-0.25, -0.2) is 0 Å². The van der Waals surface area contributed by atoms with Gasteiger partial charge in [0.15, 0.2) is 0 Å². The lowest BCUT2D eigenvalue weighted by atomic mass is 9.96. The molecule has 0 amide bonds. The molecule has 0 aliphatic heterocycles. The predicted molar refractivity (Wildman–Crippen MR) is 75.5 cm³/mol. The summed E-state index contributed by atoms with van der Waals surface area (Å²) < 4.78 is 0. The van der Waals surface area contributed by atoms with Crippen LogP contribution >= 0.6 is 0 Å². The third-order valence-corrected chi connectivity index (χ3v) is 3.44. The summed E-state index contributed by atoms with van der Waals surface area (Å²) in [7, 11) is 0. The van der Waals surface area contributed by atoms with Crippen molar-refractivity contribution in [1.29, 1.82) is 0 Å². The summed E-state index contributed by atoms with van der Waals surface area (Å²) >= 11 is 0. The van der Waals surface area contributed by atoms with E-state index in [0.29, 0.717) is 5.92 Å². The summed E-state index contributed by atoms with van der Waals surface area (Å²) in [6.45, 7) is 4.48. The number of hydrogen-bond donors (Lipinski definition) is 0. The summed E-state index contributed by atoms with van der Waals surface area (Å²) in [5.41, 5.74) is 1.41. The first-order valence-electron chi connectivity index (χ1n) is 6.17. The van der Waals surface area contributed by atoms with E-state index in [1.807, 2.05) is 0 Å². The highest BCUT2D eigenvalue weighted by Crippen LogP contribution is 2.28. The fraction of sp³-hybridized carbons (Fsp3) is 0.176. The summed E-state index contributed by atoms with van der Waals surface area (Å²) in [5.74, 6) is 0.582. The average molecular weight is 220 g/mol. The lowest BCUT2D eigenvalue weighted by Gasteiger charge is -2.09. The standard InChI is InChI=1S/C17H16/c1-12(2)15-10-9-14-8-7-13-5-3-4-6-16(13)17(14)11-15/h3-12H,1-2H3. The lowest BCUT2D eigenvalue weighted by Crippen LogP contribution is -1.87. The molecule has 0 saturated carbocycles. The molecule has 0 bridgehead atoms. The van der Waals surface area contributed by atoms with Gasteiger partial charge in [-0.2, -0.15) is 0 Å². The molecule has 3 rings (SSSR count). The third-order valence-electron chi connectivity index (χ3n) is 3.44. The van der Waals surface area contributed by atoms with Crippen molar-refractivity contribution in [3.05, 3.63) is 60.2 Å². The van der Waals surface area contributed by atoms with Crippen molar-refractivity contribution < 1.29 is 0 Å². The van der Waals surface area contributed by atoms with Crippen molar-refractivity contribution in [2.75, 3.05) is 0 Å². The summed E-state index contributed by atoms with van der Waals surface area (Å²) in [6, 6.07) is 19.8. The van der Waals surface area contributed by atoms with Gasteiger partial charge in [-0.05, 0) is 33.0 Å². The van der Waals surface area contributed by atoms with Crippen LogP contribution in [0.5, 0.6) is 0 Å². The van der Waals surface area contributed by atoms with Crippen LogP contribution in [0.25, 0.3) is 21.5 Å². The molecule has 3 aromatic rings. The topological polar surface area (TPSA) is 0 Å². The molecule has 0 saturated heterocycles. The maximum absolute atomic E-state index is 2.34. The quantitative estimate of drug-likeness (QED) is 0.499. The van der Waals surface area contributed by atoms with Crippen LogP contribution in [0.1, 0.15) is 25.3 Å². The molecule has 0 spiro atoms. The van der Waals surface area contributed by atoms with Gasteiger partial charge in [0.2, 0.25) is 0 Å². The maximum Gasteiger partial charge on any atom is -0.0103 e. The van der Waals surface area contributed by atoms with E-state index in [4.69, 9.17) is 0 Å². The van der Waals surface area contributed by atoms with Crippen molar-refractivity contribution in [1.82, 2.24) is 0 Å². The Hall–Kier alpha value is -1.82. The summed E-state index contributed by atoms with van der Waals surface area (Å²) in [4.78, 5) is 0. The molecule has 17 heavy (non-hydrogen) atoms. The van der Waals surface area contributed by atoms with Crippen LogP contribution in [-0.4, -0.2) is 0 Å². The summed E-state index contributed by atoms with van der Waals surface area (Å²) in [6.07, 6.45) is 0. The minimum absolute atomic E-state index is 0.582. The SMILES string of the molecule is CC(C)c1ccc2ccc3ccccc3c2c1. The normalized spacial score (nSPS) is 11.5. The fourth-order valence-corrected chi connectivity index (χ4v) is 2.38. The average Bonchev–Trinajstić information content (AvgIpc) is 2.38. The van der Waals surface area contributed by atoms with Crippen molar-refractivity contribution in [3.8, 4) is 0 Å². The molecule has 0 fully saturated rings. The molecular weight excluding hydrogens is 204 g/mol. The molecule has 0 aliphatic carbocycles. The second-order valence-electron chi connectivity index (χ2n) is 4.92. The van der Waals surface area contributed by atoms with Crippen LogP contribution in [0, 0.1) is 0 Å². The van der Waals surface area contributed by atoms with Gasteiger partial charge in [0.1, 0.15) is 0 Å². The zero-order valence-corrected chi connectivity index (χ0v) is 10.3. The highest BCUT2D eigenvalue weighted by molar-refractivity contribution is 6.07. The smallest absolute Gasteiger partial charge is 0.0103 e. The van der Waals surface area contributed by atoms with Crippen LogP contribution in [0.2, 0.25) is 0 Å². The fourth-order valence-electron chi connectivity index (χ4n) is 2.38. The molecule has 0 aromatic heterocycles. The van der Waals surface area contributed by atoms with E-state index in [-0.39, 0.29) is 0 Å². The number of fused-ring (bicyclic) bond motifs is 3. The first kappa shape index (κ1) is 10.3. The van der Waals surface area contributed by atoms with Gasteiger partial charge in [-0.3, -0.25) is 0 Å². The van der Waals surface area contributed by atoms with Crippen molar-refractivity contribution >= 4 is 21.5 Å². The second kappa shape index (κ2) is 3.89. The van der Waals surface area contributed by atoms with Gasteiger partial charge < -0.3 is 0 Å². The highest BCUT2D eigenvalue weighted by Gasteiger charge is 2.03. The Balaban J connectivity index is 2.42. The van der Waals surface area contributed by atoms with Crippen LogP contribution in [0.3, 0.4) is 0 Å². The van der Waals surface area contributed by atoms with Crippen LogP contribution in [0.15, 0.2) is 54.6 Å². The van der Waals surface area contributed by atoms with Crippen LogP contribution < -0.4 is 0 Å². The Morgan fingerprint density at radius 2 is 1.35 bits per heavy atom. The minimum Gasteiger partial charge on any atom is -0.0616 e. The zero-order chi connectivity index (χ0) is 11.8. The Morgan fingerprint density at radius 1 is 0.706 bits per heavy atom. The lowest BCUT2D eigenvalue weighted by molar-refractivity contribution is 0.869. The molecule has 0 N–H and O–H groups in total. The van der Waals surface area contributed by atoms with E-state index < -0.39 is 0 Å². The van der Waals surface area contributed by atoms with Gasteiger partial charge in [-0.1, -0.05) is 68.4 Å². The molecule has 0 nitrogen and oxygen atoms in total. The summed E-state index contributed by atoms with van der Waals surface area (Å²) in [5, 5.41) is 5.37. The molecule has 0 radical (unpaired) electrons. The monoisotopic (exact) mass is 220 g/mol. The predicted octanol–water partition coefficient (Wildman–Crippen LogP) is 5.12. The van der Waals surface area contributed by atoms with E-state index in [9.17, 15) is 0 Å². The number of hydrogen-bond acceptors (Lipinski definition) is 0. The Bertz CT molecular complexity index is 678. The molecule has 0 aliphatic rings. The van der Waals surface area contributed by atoms with Crippen molar-refractivity contribution in [3.63, 3.8) is 0 Å². The molecule has 3 aromatic carbocycles. The number of rotatable bonds is 1. The van der Waals surface area contributed by atoms with Crippen molar-refractivity contribution in [2.24, 2.45) is 0 Å². The Labute approximate surface area is 102 Å². The third kappa shape index (κ3) is 1.70. The number of benzene rings is 3. The van der Waals surface area contributed by atoms with Crippen LogP contribution in [0.4, 0.5) is 0 Å². The molecule has 0 heterocycles. The van der Waals surface area contributed by atoms with Gasteiger partial charge in [-0.15, -0.1) is 0 Å². The van der Waals surface area contributed by atoms with E-state index >= 15 is 0 Å². The largest absolute Gasteiger partial charge is 0.0616 e. The molecular formula is C17H16. The molecule has 0 unspecified atom stereocenters. The maximum atomic E-state index is 2.34.